The molecule has 72 valence electrons. The number of alkyl halides is 2. The molecule has 5 heteroatoms. The zero-order valence-corrected chi connectivity index (χ0v) is 7.35. The van der Waals surface area contributed by atoms with Crippen LogP contribution >= 0.6 is 0 Å². The van der Waals surface area contributed by atoms with Gasteiger partial charge in [0.25, 0.3) is 0 Å². The van der Waals surface area contributed by atoms with E-state index in [0.29, 0.717) is 4.90 Å². The molecule has 3 nitrogen and oxygen atoms in total. The van der Waals surface area contributed by atoms with Crippen LogP contribution in [-0.2, 0) is 0 Å². The Hall–Kier alpha value is -0.520. The summed E-state index contributed by atoms with van der Waals surface area (Å²) in [5.41, 5.74) is 10.2. The van der Waals surface area contributed by atoms with Gasteiger partial charge in [0.2, 0.25) is 0 Å². The van der Waals surface area contributed by atoms with Crippen LogP contribution in [-0.4, -0.2) is 23.8 Å². The van der Waals surface area contributed by atoms with Crippen molar-refractivity contribution in [3.8, 4) is 0 Å². The summed E-state index contributed by atoms with van der Waals surface area (Å²) in [6.45, 7) is 5.57. The predicted octanol–water partition coefficient (Wildman–Crippen LogP) is 0.678. The number of hydrogen-bond acceptors (Lipinski definition) is 3. The Morgan fingerprint density at radius 3 is 2.17 bits per heavy atom. The van der Waals surface area contributed by atoms with Crippen molar-refractivity contribution < 1.29 is 8.78 Å². The molecule has 0 spiro atoms. The van der Waals surface area contributed by atoms with E-state index in [-0.39, 0.29) is 12.2 Å². The van der Waals surface area contributed by atoms with Gasteiger partial charge in [-0.05, 0) is 13.8 Å². The monoisotopic (exact) mass is 179 g/mol. The number of hydrogen-bond donors (Lipinski definition) is 2. The van der Waals surface area contributed by atoms with Gasteiger partial charge in [-0.1, -0.05) is 6.58 Å². The average molecular weight is 179 g/mol. The number of nitrogens with zero attached hydrogens (tertiary/aromatic N) is 1. The lowest BCUT2D eigenvalue weighted by Crippen LogP contribution is -2.53. The van der Waals surface area contributed by atoms with E-state index in [4.69, 9.17) is 11.5 Å². The van der Waals surface area contributed by atoms with Crippen molar-refractivity contribution in [3.05, 3.63) is 12.2 Å². The highest BCUT2D eigenvalue weighted by Crippen LogP contribution is 2.26. The molecule has 0 bridgehead atoms. The standard InChI is InChI=1S/C7H15F2N3/c1-5(2)7(8,9)12(4-10)6(3)11/h6H,1,4,10-11H2,2-3H3. The minimum atomic E-state index is -3.12. The first-order valence-corrected chi connectivity index (χ1v) is 3.60. The molecule has 0 saturated heterocycles. The second kappa shape index (κ2) is 3.93. The second-order valence-electron chi connectivity index (χ2n) is 2.71. The molecule has 0 saturated carbocycles. The zero-order chi connectivity index (χ0) is 9.94. The van der Waals surface area contributed by atoms with Gasteiger partial charge in [0.15, 0.2) is 0 Å². The summed E-state index contributed by atoms with van der Waals surface area (Å²) in [7, 11) is 0. The lowest BCUT2D eigenvalue weighted by Gasteiger charge is -2.32. The molecule has 0 amide bonds. The summed E-state index contributed by atoms with van der Waals surface area (Å²) in [6, 6.07) is -3.12. The number of halogens is 2. The molecule has 1 atom stereocenters. The van der Waals surface area contributed by atoms with Gasteiger partial charge in [-0.15, -0.1) is 0 Å². The third-order valence-corrected chi connectivity index (χ3v) is 1.56. The number of rotatable bonds is 4. The third kappa shape index (κ3) is 2.23. The van der Waals surface area contributed by atoms with Crippen LogP contribution in [0.4, 0.5) is 8.78 Å². The molecule has 0 aliphatic heterocycles. The van der Waals surface area contributed by atoms with Crippen molar-refractivity contribution >= 4 is 0 Å². The molecule has 0 aromatic heterocycles. The second-order valence-corrected chi connectivity index (χ2v) is 2.71. The summed E-state index contributed by atoms with van der Waals surface area (Å²) in [5.74, 6) is 0. The van der Waals surface area contributed by atoms with E-state index < -0.39 is 12.2 Å². The molecular formula is C7H15F2N3. The molecule has 4 N–H and O–H groups in total. The van der Waals surface area contributed by atoms with Crippen molar-refractivity contribution in [2.45, 2.75) is 26.1 Å². The van der Waals surface area contributed by atoms with Gasteiger partial charge < -0.3 is 11.5 Å². The molecule has 0 radical (unpaired) electrons. The third-order valence-electron chi connectivity index (χ3n) is 1.56. The molecule has 0 aromatic carbocycles. The van der Waals surface area contributed by atoms with Crippen LogP contribution in [0.25, 0.3) is 0 Å². The molecule has 0 aromatic rings. The largest absolute Gasteiger partial charge is 0.329 e. The predicted molar refractivity (Wildman–Crippen MR) is 44.3 cm³/mol. The first-order valence-electron chi connectivity index (χ1n) is 3.60. The summed E-state index contributed by atoms with van der Waals surface area (Å²) < 4.78 is 26.3. The Balaban J connectivity index is 4.59. The highest BCUT2D eigenvalue weighted by atomic mass is 19.3. The van der Waals surface area contributed by atoms with E-state index in [1.807, 2.05) is 0 Å². The van der Waals surface area contributed by atoms with Crippen LogP contribution in [0.15, 0.2) is 12.2 Å². The van der Waals surface area contributed by atoms with Crippen molar-refractivity contribution in [1.82, 2.24) is 4.90 Å². The fraction of sp³-hybridized carbons (Fsp3) is 0.714. The zero-order valence-electron chi connectivity index (χ0n) is 7.35. The van der Waals surface area contributed by atoms with Crippen LogP contribution in [0.5, 0.6) is 0 Å². The van der Waals surface area contributed by atoms with Gasteiger partial charge >= 0.3 is 6.05 Å². The molecular weight excluding hydrogens is 164 g/mol. The van der Waals surface area contributed by atoms with Crippen LogP contribution in [0.1, 0.15) is 13.8 Å². The van der Waals surface area contributed by atoms with Crippen molar-refractivity contribution in [2.75, 3.05) is 6.67 Å². The Labute approximate surface area is 71.0 Å². The van der Waals surface area contributed by atoms with Crippen molar-refractivity contribution in [3.63, 3.8) is 0 Å². The maximum atomic E-state index is 13.1. The fourth-order valence-electron chi connectivity index (χ4n) is 0.782. The van der Waals surface area contributed by atoms with Crippen LogP contribution in [0.3, 0.4) is 0 Å². The highest BCUT2D eigenvalue weighted by molar-refractivity contribution is 5.03. The topological polar surface area (TPSA) is 55.3 Å². The van der Waals surface area contributed by atoms with E-state index in [1.165, 1.54) is 13.8 Å². The van der Waals surface area contributed by atoms with E-state index in [9.17, 15) is 8.78 Å². The van der Waals surface area contributed by atoms with Gasteiger partial charge in [-0.3, -0.25) is 0 Å². The lowest BCUT2D eigenvalue weighted by atomic mass is 10.2. The SMILES string of the molecule is C=C(C)C(F)(F)N(CN)C(C)N. The normalized spacial score (nSPS) is 14.9. The van der Waals surface area contributed by atoms with E-state index in [2.05, 4.69) is 6.58 Å². The molecule has 12 heavy (non-hydrogen) atoms. The van der Waals surface area contributed by atoms with Gasteiger partial charge in [0.05, 0.1) is 12.8 Å². The molecule has 0 aliphatic carbocycles. The first kappa shape index (κ1) is 11.5. The minimum absolute atomic E-state index is 0.259. The van der Waals surface area contributed by atoms with Crippen molar-refractivity contribution in [2.24, 2.45) is 11.5 Å². The van der Waals surface area contributed by atoms with Crippen LogP contribution in [0.2, 0.25) is 0 Å². The van der Waals surface area contributed by atoms with Gasteiger partial charge in [0.1, 0.15) is 0 Å². The van der Waals surface area contributed by atoms with E-state index in [0.717, 1.165) is 0 Å². The summed E-state index contributed by atoms with van der Waals surface area (Å²) in [6.07, 6.45) is -0.790. The van der Waals surface area contributed by atoms with E-state index >= 15 is 0 Å². The first-order chi connectivity index (χ1) is 5.34. The molecule has 0 rings (SSSR count). The van der Waals surface area contributed by atoms with E-state index in [1.54, 1.807) is 0 Å². The molecule has 1 unspecified atom stereocenters. The number of nitrogens with two attached hydrogens (primary N) is 2. The Kier molecular flexibility index (Phi) is 3.76. The lowest BCUT2D eigenvalue weighted by molar-refractivity contribution is -0.129. The average Bonchev–Trinajstić information content (AvgIpc) is 1.86. The molecule has 0 aliphatic rings. The molecule has 0 heterocycles. The summed E-state index contributed by atoms with van der Waals surface area (Å²) >= 11 is 0. The van der Waals surface area contributed by atoms with Gasteiger partial charge in [-0.2, -0.15) is 8.78 Å². The summed E-state index contributed by atoms with van der Waals surface area (Å²) in [5, 5.41) is 0. The smallest absolute Gasteiger partial charge is 0.318 e. The Bertz CT molecular complexity index is 168. The molecule has 0 fully saturated rings. The van der Waals surface area contributed by atoms with Crippen LogP contribution < -0.4 is 11.5 Å². The highest BCUT2D eigenvalue weighted by Gasteiger charge is 2.38. The Morgan fingerprint density at radius 1 is 1.67 bits per heavy atom. The maximum Gasteiger partial charge on any atom is 0.329 e. The quantitative estimate of drug-likeness (QED) is 0.379. The maximum absolute atomic E-state index is 13.1. The Morgan fingerprint density at radius 2 is 2.08 bits per heavy atom. The van der Waals surface area contributed by atoms with Gasteiger partial charge in [0, 0.05) is 5.57 Å². The van der Waals surface area contributed by atoms with Crippen LogP contribution in [0, 0.1) is 0 Å². The van der Waals surface area contributed by atoms with Gasteiger partial charge in [-0.25, -0.2) is 4.90 Å². The fourth-order valence-corrected chi connectivity index (χ4v) is 0.782. The minimum Gasteiger partial charge on any atom is -0.318 e. The summed E-state index contributed by atoms with van der Waals surface area (Å²) in [4.78, 5) is 0.676. The van der Waals surface area contributed by atoms with Crippen molar-refractivity contribution in [1.29, 1.82) is 0 Å².